The zero-order valence-corrected chi connectivity index (χ0v) is 17.0. The SMILES string of the molecule is COc1ccc(Cn2nc(C)c(NC(=O)c3ccccc3Cl)c2C)cc1OC. The van der Waals surface area contributed by atoms with Crippen molar-refractivity contribution in [2.45, 2.75) is 20.4 Å². The second-order valence-electron chi connectivity index (χ2n) is 6.33. The lowest BCUT2D eigenvalue weighted by Crippen LogP contribution is -2.14. The average molecular weight is 400 g/mol. The standard InChI is InChI=1S/C21H22ClN3O3/c1-13-20(23-21(26)16-7-5-6-8-17(16)22)14(2)25(24-13)12-15-9-10-18(27-3)19(11-15)28-4/h5-11H,12H2,1-4H3,(H,23,26). The number of carbonyl (C=O) groups excluding carboxylic acids is 1. The summed E-state index contributed by atoms with van der Waals surface area (Å²) in [7, 11) is 3.21. The van der Waals surface area contributed by atoms with Gasteiger partial charge in [-0.2, -0.15) is 5.10 Å². The lowest BCUT2D eigenvalue weighted by Gasteiger charge is -2.11. The highest BCUT2D eigenvalue weighted by molar-refractivity contribution is 6.34. The number of ether oxygens (including phenoxy) is 2. The lowest BCUT2D eigenvalue weighted by atomic mass is 10.2. The van der Waals surface area contributed by atoms with Gasteiger partial charge in [-0.1, -0.05) is 29.8 Å². The van der Waals surface area contributed by atoms with Gasteiger partial charge in [-0.3, -0.25) is 9.48 Å². The van der Waals surface area contributed by atoms with Gasteiger partial charge in [0.2, 0.25) is 0 Å². The Bertz CT molecular complexity index is 1010. The minimum atomic E-state index is -0.262. The van der Waals surface area contributed by atoms with Gasteiger partial charge in [0.15, 0.2) is 11.5 Å². The molecule has 0 saturated carbocycles. The molecule has 0 aliphatic carbocycles. The topological polar surface area (TPSA) is 65.4 Å². The monoisotopic (exact) mass is 399 g/mol. The van der Waals surface area contributed by atoms with Crippen LogP contribution in [0.3, 0.4) is 0 Å². The van der Waals surface area contributed by atoms with E-state index in [2.05, 4.69) is 10.4 Å². The summed E-state index contributed by atoms with van der Waals surface area (Å²) in [5, 5.41) is 7.91. The van der Waals surface area contributed by atoms with Gasteiger partial charge in [0.1, 0.15) is 0 Å². The molecule has 146 valence electrons. The van der Waals surface area contributed by atoms with Crippen LogP contribution in [0.4, 0.5) is 5.69 Å². The Hall–Kier alpha value is -2.99. The minimum absolute atomic E-state index is 0.262. The van der Waals surface area contributed by atoms with Crippen LogP contribution in [0.2, 0.25) is 5.02 Å². The number of nitrogens with one attached hydrogen (secondary N) is 1. The minimum Gasteiger partial charge on any atom is -0.493 e. The van der Waals surface area contributed by atoms with Gasteiger partial charge in [-0.05, 0) is 43.7 Å². The summed E-state index contributed by atoms with van der Waals surface area (Å²) in [4.78, 5) is 12.6. The van der Waals surface area contributed by atoms with Crippen molar-refractivity contribution in [1.82, 2.24) is 9.78 Å². The molecule has 1 amide bonds. The van der Waals surface area contributed by atoms with E-state index in [4.69, 9.17) is 21.1 Å². The van der Waals surface area contributed by atoms with E-state index in [1.165, 1.54) is 0 Å². The summed E-state index contributed by atoms with van der Waals surface area (Å²) in [6, 6.07) is 12.7. The molecule has 0 radical (unpaired) electrons. The van der Waals surface area contributed by atoms with Crippen molar-refractivity contribution in [1.29, 1.82) is 0 Å². The van der Waals surface area contributed by atoms with Crippen LogP contribution < -0.4 is 14.8 Å². The summed E-state index contributed by atoms with van der Waals surface area (Å²) in [6.45, 7) is 4.32. The Balaban J connectivity index is 1.84. The Kier molecular flexibility index (Phi) is 5.90. The van der Waals surface area contributed by atoms with E-state index in [9.17, 15) is 4.79 Å². The summed E-state index contributed by atoms with van der Waals surface area (Å²) in [5.74, 6) is 1.07. The van der Waals surface area contributed by atoms with Crippen LogP contribution in [0, 0.1) is 13.8 Å². The van der Waals surface area contributed by atoms with Gasteiger partial charge in [-0.15, -0.1) is 0 Å². The van der Waals surface area contributed by atoms with Crippen molar-refractivity contribution in [2.24, 2.45) is 0 Å². The third-order valence-corrected chi connectivity index (χ3v) is 4.85. The van der Waals surface area contributed by atoms with Gasteiger partial charge < -0.3 is 14.8 Å². The molecule has 3 rings (SSSR count). The molecule has 0 fully saturated rings. The fourth-order valence-corrected chi connectivity index (χ4v) is 3.23. The average Bonchev–Trinajstić information content (AvgIpc) is 2.95. The molecule has 0 unspecified atom stereocenters. The number of methoxy groups -OCH3 is 2. The van der Waals surface area contributed by atoms with E-state index in [1.54, 1.807) is 38.5 Å². The second-order valence-corrected chi connectivity index (χ2v) is 6.73. The van der Waals surface area contributed by atoms with Gasteiger partial charge in [0, 0.05) is 0 Å². The summed E-state index contributed by atoms with van der Waals surface area (Å²) >= 11 is 6.13. The van der Waals surface area contributed by atoms with E-state index in [1.807, 2.05) is 36.7 Å². The van der Waals surface area contributed by atoms with Crippen molar-refractivity contribution in [3.63, 3.8) is 0 Å². The van der Waals surface area contributed by atoms with E-state index in [0.29, 0.717) is 34.3 Å². The molecule has 1 heterocycles. The number of hydrogen-bond donors (Lipinski definition) is 1. The molecule has 28 heavy (non-hydrogen) atoms. The molecule has 6 nitrogen and oxygen atoms in total. The maximum Gasteiger partial charge on any atom is 0.257 e. The maximum absolute atomic E-state index is 12.6. The van der Waals surface area contributed by atoms with Crippen molar-refractivity contribution in [3.8, 4) is 11.5 Å². The number of aryl methyl sites for hydroxylation is 1. The lowest BCUT2D eigenvalue weighted by molar-refractivity contribution is 0.102. The van der Waals surface area contributed by atoms with Gasteiger partial charge in [-0.25, -0.2) is 0 Å². The first-order valence-corrected chi connectivity index (χ1v) is 9.13. The number of anilines is 1. The van der Waals surface area contributed by atoms with E-state index in [-0.39, 0.29) is 5.91 Å². The van der Waals surface area contributed by atoms with E-state index < -0.39 is 0 Å². The predicted molar refractivity (Wildman–Crippen MR) is 110 cm³/mol. The van der Waals surface area contributed by atoms with E-state index >= 15 is 0 Å². The molecule has 0 bridgehead atoms. The van der Waals surface area contributed by atoms with Gasteiger partial charge in [0.05, 0.1) is 48.4 Å². The molecule has 0 atom stereocenters. The van der Waals surface area contributed by atoms with Crippen LogP contribution in [-0.2, 0) is 6.54 Å². The second kappa shape index (κ2) is 8.35. The summed E-state index contributed by atoms with van der Waals surface area (Å²) < 4.78 is 12.5. The van der Waals surface area contributed by atoms with Crippen LogP contribution in [0.15, 0.2) is 42.5 Å². The van der Waals surface area contributed by atoms with Crippen molar-refractivity contribution in [3.05, 3.63) is 70.0 Å². The molecule has 2 aromatic carbocycles. The number of amides is 1. The Morgan fingerprint density at radius 1 is 1.11 bits per heavy atom. The van der Waals surface area contributed by atoms with E-state index in [0.717, 1.165) is 17.0 Å². The molecule has 0 aliphatic heterocycles. The number of aromatic nitrogens is 2. The zero-order valence-electron chi connectivity index (χ0n) is 16.2. The number of benzene rings is 2. The zero-order chi connectivity index (χ0) is 20.3. The van der Waals surface area contributed by atoms with Crippen LogP contribution in [0.25, 0.3) is 0 Å². The molecular weight excluding hydrogens is 378 g/mol. The van der Waals surface area contributed by atoms with Crippen LogP contribution in [0.1, 0.15) is 27.3 Å². The first kappa shape index (κ1) is 19.8. The Morgan fingerprint density at radius 2 is 1.82 bits per heavy atom. The normalized spacial score (nSPS) is 10.6. The van der Waals surface area contributed by atoms with Gasteiger partial charge in [0.25, 0.3) is 5.91 Å². The molecule has 1 aromatic heterocycles. The molecule has 7 heteroatoms. The van der Waals surface area contributed by atoms with Crippen molar-refractivity contribution >= 4 is 23.2 Å². The number of nitrogens with zero attached hydrogens (tertiary/aromatic N) is 2. The number of carbonyl (C=O) groups is 1. The summed E-state index contributed by atoms with van der Waals surface area (Å²) in [6.07, 6.45) is 0. The third-order valence-electron chi connectivity index (χ3n) is 4.52. The van der Waals surface area contributed by atoms with Gasteiger partial charge >= 0.3 is 0 Å². The van der Waals surface area contributed by atoms with Crippen LogP contribution in [0.5, 0.6) is 11.5 Å². The number of rotatable bonds is 6. The highest BCUT2D eigenvalue weighted by atomic mass is 35.5. The van der Waals surface area contributed by atoms with Crippen LogP contribution in [-0.4, -0.2) is 29.9 Å². The largest absolute Gasteiger partial charge is 0.493 e. The summed E-state index contributed by atoms with van der Waals surface area (Å²) in [5.41, 5.74) is 3.71. The highest BCUT2D eigenvalue weighted by Gasteiger charge is 2.17. The molecule has 3 aromatic rings. The quantitative estimate of drug-likeness (QED) is 0.664. The number of hydrogen-bond acceptors (Lipinski definition) is 4. The number of halogens is 1. The first-order chi connectivity index (χ1) is 13.4. The predicted octanol–water partition coefficient (Wildman–Crippen LogP) is 4.47. The Morgan fingerprint density at radius 3 is 2.50 bits per heavy atom. The molecule has 0 saturated heterocycles. The fourth-order valence-electron chi connectivity index (χ4n) is 3.01. The highest BCUT2D eigenvalue weighted by Crippen LogP contribution is 2.29. The van der Waals surface area contributed by atoms with Crippen molar-refractivity contribution < 1.29 is 14.3 Å². The smallest absolute Gasteiger partial charge is 0.257 e. The van der Waals surface area contributed by atoms with Crippen molar-refractivity contribution in [2.75, 3.05) is 19.5 Å². The Labute approximate surface area is 169 Å². The molecule has 1 N–H and O–H groups in total. The molecule has 0 aliphatic rings. The molecule has 0 spiro atoms. The molecular formula is C21H22ClN3O3. The maximum atomic E-state index is 12.6. The first-order valence-electron chi connectivity index (χ1n) is 8.75. The third kappa shape index (κ3) is 3.97. The fraction of sp³-hybridized carbons (Fsp3) is 0.238. The van der Waals surface area contributed by atoms with Crippen LogP contribution >= 0.6 is 11.6 Å².